The smallest absolute Gasteiger partial charge is 0.410 e. The van der Waals surface area contributed by atoms with E-state index in [9.17, 15) is 4.79 Å². The van der Waals surface area contributed by atoms with E-state index in [1.807, 2.05) is 34.0 Å². The standard InChI is InChI=1S/C16H26BrN3O2S/c1-16(2,3)22-15(21)19(4)9-12-6-5-7-20(10-12)11-14-18-8-13(17)23-14/h8,12H,5-7,9-11H2,1-4H3. The van der Waals surface area contributed by atoms with Gasteiger partial charge in [-0.25, -0.2) is 9.78 Å². The molecule has 0 saturated carbocycles. The molecule has 0 spiro atoms. The van der Waals surface area contributed by atoms with E-state index in [2.05, 4.69) is 25.8 Å². The Kier molecular flexibility index (Phi) is 6.45. The van der Waals surface area contributed by atoms with Crippen LogP contribution < -0.4 is 0 Å². The first-order chi connectivity index (χ1) is 10.7. The Hall–Kier alpha value is -0.660. The molecule has 0 aromatic carbocycles. The Morgan fingerprint density at radius 1 is 1.57 bits per heavy atom. The van der Waals surface area contributed by atoms with E-state index in [1.54, 1.807) is 16.2 Å². The molecule has 1 aromatic rings. The van der Waals surface area contributed by atoms with Crippen molar-refractivity contribution in [3.63, 3.8) is 0 Å². The Morgan fingerprint density at radius 3 is 2.91 bits per heavy atom. The quantitative estimate of drug-likeness (QED) is 0.762. The first-order valence-corrected chi connectivity index (χ1v) is 9.60. The van der Waals surface area contributed by atoms with Gasteiger partial charge in [0.1, 0.15) is 10.6 Å². The Balaban J connectivity index is 1.82. The van der Waals surface area contributed by atoms with Gasteiger partial charge in [-0.1, -0.05) is 0 Å². The number of nitrogens with zero attached hydrogens (tertiary/aromatic N) is 3. The van der Waals surface area contributed by atoms with Gasteiger partial charge in [0, 0.05) is 20.1 Å². The van der Waals surface area contributed by atoms with E-state index in [-0.39, 0.29) is 6.09 Å². The van der Waals surface area contributed by atoms with Crippen LogP contribution >= 0.6 is 27.3 Å². The van der Waals surface area contributed by atoms with E-state index in [0.29, 0.717) is 5.92 Å². The summed E-state index contributed by atoms with van der Waals surface area (Å²) in [6.45, 7) is 9.43. The van der Waals surface area contributed by atoms with E-state index >= 15 is 0 Å². The van der Waals surface area contributed by atoms with Gasteiger partial charge in [0.25, 0.3) is 0 Å². The fourth-order valence-corrected chi connectivity index (χ4v) is 4.14. The minimum absolute atomic E-state index is 0.238. The summed E-state index contributed by atoms with van der Waals surface area (Å²) >= 11 is 5.15. The van der Waals surface area contributed by atoms with Crippen molar-refractivity contribution in [1.29, 1.82) is 0 Å². The lowest BCUT2D eigenvalue weighted by molar-refractivity contribution is 0.0241. The van der Waals surface area contributed by atoms with Gasteiger partial charge in [-0.3, -0.25) is 4.90 Å². The number of aromatic nitrogens is 1. The summed E-state index contributed by atoms with van der Waals surface area (Å²) in [5.41, 5.74) is -0.442. The molecule has 2 rings (SSSR count). The van der Waals surface area contributed by atoms with Crippen LogP contribution in [0.25, 0.3) is 0 Å². The number of carbonyl (C=O) groups excluding carboxylic acids is 1. The zero-order valence-electron chi connectivity index (χ0n) is 14.3. The highest BCUT2D eigenvalue weighted by molar-refractivity contribution is 9.11. The molecule has 1 aromatic heterocycles. The molecule has 1 unspecified atom stereocenters. The summed E-state index contributed by atoms with van der Waals surface area (Å²) < 4.78 is 6.50. The highest BCUT2D eigenvalue weighted by Gasteiger charge is 2.25. The number of thiazole rings is 1. The predicted molar refractivity (Wildman–Crippen MR) is 96.7 cm³/mol. The highest BCUT2D eigenvalue weighted by atomic mass is 79.9. The molecular formula is C16H26BrN3O2S. The molecule has 2 heterocycles. The molecule has 1 saturated heterocycles. The van der Waals surface area contributed by atoms with Crippen LogP contribution in [0.1, 0.15) is 38.6 Å². The summed E-state index contributed by atoms with van der Waals surface area (Å²) in [6.07, 6.45) is 3.95. The summed E-state index contributed by atoms with van der Waals surface area (Å²) in [4.78, 5) is 20.6. The zero-order valence-corrected chi connectivity index (χ0v) is 16.7. The molecule has 130 valence electrons. The van der Waals surface area contributed by atoms with E-state index in [4.69, 9.17) is 4.74 Å². The maximum absolute atomic E-state index is 12.1. The van der Waals surface area contributed by atoms with Gasteiger partial charge in [0.2, 0.25) is 0 Å². The van der Waals surface area contributed by atoms with Crippen molar-refractivity contribution in [3.8, 4) is 0 Å². The van der Waals surface area contributed by atoms with Crippen LogP contribution in [0.4, 0.5) is 4.79 Å². The van der Waals surface area contributed by atoms with Crippen LogP contribution in [0.15, 0.2) is 9.98 Å². The summed E-state index contributed by atoms with van der Waals surface area (Å²) in [7, 11) is 1.82. The topological polar surface area (TPSA) is 45.7 Å². The van der Waals surface area contributed by atoms with E-state index < -0.39 is 5.60 Å². The molecule has 1 aliphatic heterocycles. The molecule has 7 heteroatoms. The number of rotatable bonds is 4. The summed E-state index contributed by atoms with van der Waals surface area (Å²) in [5.74, 6) is 0.490. The van der Waals surface area contributed by atoms with Crippen LogP contribution in [-0.2, 0) is 11.3 Å². The van der Waals surface area contributed by atoms with Gasteiger partial charge in [-0.05, 0) is 62.0 Å². The predicted octanol–water partition coefficient (Wildman–Crippen LogP) is 3.98. The van der Waals surface area contributed by atoms with Crippen LogP contribution in [0.5, 0.6) is 0 Å². The molecule has 5 nitrogen and oxygen atoms in total. The fraction of sp³-hybridized carbons (Fsp3) is 0.750. The van der Waals surface area contributed by atoms with Crippen molar-refractivity contribution in [2.45, 2.75) is 45.8 Å². The minimum Gasteiger partial charge on any atom is -0.444 e. The van der Waals surface area contributed by atoms with Gasteiger partial charge in [-0.2, -0.15) is 0 Å². The molecule has 0 radical (unpaired) electrons. The lowest BCUT2D eigenvalue weighted by atomic mass is 9.97. The van der Waals surface area contributed by atoms with Gasteiger partial charge < -0.3 is 9.64 Å². The van der Waals surface area contributed by atoms with Gasteiger partial charge in [0.05, 0.1) is 16.5 Å². The second-order valence-corrected chi connectivity index (χ2v) is 9.66. The van der Waals surface area contributed by atoms with Gasteiger partial charge >= 0.3 is 6.09 Å². The summed E-state index contributed by atoms with van der Waals surface area (Å²) in [5, 5.41) is 1.14. The average Bonchev–Trinajstić information content (AvgIpc) is 2.82. The highest BCUT2D eigenvalue weighted by Crippen LogP contribution is 2.24. The molecule has 1 fully saturated rings. The molecule has 1 aliphatic rings. The van der Waals surface area contributed by atoms with E-state index in [1.165, 1.54) is 6.42 Å². The van der Waals surface area contributed by atoms with Crippen molar-refractivity contribution in [2.24, 2.45) is 5.92 Å². The molecule has 23 heavy (non-hydrogen) atoms. The van der Waals surface area contributed by atoms with Crippen LogP contribution in [-0.4, -0.2) is 53.2 Å². The van der Waals surface area contributed by atoms with Crippen LogP contribution in [0.3, 0.4) is 0 Å². The lowest BCUT2D eigenvalue weighted by Crippen LogP contribution is -2.42. The monoisotopic (exact) mass is 403 g/mol. The third kappa shape index (κ3) is 6.39. The molecular weight excluding hydrogens is 378 g/mol. The number of likely N-dealkylation sites (tertiary alicyclic amines) is 1. The SMILES string of the molecule is CN(CC1CCCN(Cc2ncc(Br)s2)C1)C(=O)OC(C)(C)C. The average molecular weight is 404 g/mol. The third-order valence-corrected chi connectivity index (χ3v) is 5.19. The Bertz CT molecular complexity index is 530. The molecule has 0 bridgehead atoms. The van der Waals surface area contributed by atoms with Crippen molar-refractivity contribution in [2.75, 3.05) is 26.7 Å². The second kappa shape index (κ2) is 7.94. The molecule has 0 aliphatic carbocycles. The maximum atomic E-state index is 12.1. The summed E-state index contributed by atoms with van der Waals surface area (Å²) in [6, 6.07) is 0. The van der Waals surface area contributed by atoms with Gasteiger partial charge in [0.15, 0.2) is 0 Å². The second-order valence-electron chi connectivity index (χ2n) is 7.16. The third-order valence-electron chi connectivity index (χ3n) is 3.72. The number of hydrogen-bond acceptors (Lipinski definition) is 5. The lowest BCUT2D eigenvalue weighted by Gasteiger charge is -2.34. The van der Waals surface area contributed by atoms with Gasteiger partial charge in [-0.15, -0.1) is 11.3 Å². The molecule has 1 amide bonds. The number of piperidine rings is 1. The number of halogens is 1. The number of hydrogen-bond donors (Lipinski definition) is 0. The molecule has 0 N–H and O–H groups in total. The van der Waals surface area contributed by atoms with Crippen molar-refractivity contribution >= 4 is 33.4 Å². The number of carbonyl (C=O) groups is 1. The largest absolute Gasteiger partial charge is 0.444 e. The van der Waals surface area contributed by atoms with E-state index in [0.717, 1.165) is 41.4 Å². The number of amides is 1. The first kappa shape index (κ1) is 18.7. The van der Waals surface area contributed by atoms with Crippen molar-refractivity contribution in [1.82, 2.24) is 14.8 Å². The first-order valence-electron chi connectivity index (χ1n) is 7.99. The number of ether oxygens (including phenoxy) is 1. The van der Waals surface area contributed by atoms with Crippen LogP contribution in [0.2, 0.25) is 0 Å². The minimum atomic E-state index is -0.442. The fourth-order valence-electron chi connectivity index (χ4n) is 2.80. The van der Waals surface area contributed by atoms with Crippen molar-refractivity contribution in [3.05, 3.63) is 15.0 Å². The Labute approximate surface area is 151 Å². The van der Waals surface area contributed by atoms with Crippen LogP contribution in [0, 0.1) is 5.92 Å². The zero-order chi connectivity index (χ0) is 17.0. The van der Waals surface area contributed by atoms with Crippen molar-refractivity contribution < 1.29 is 9.53 Å². The Morgan fingerprint density at radius 2 is 2.30 bits per heavy atom. The normalized spacial score (nSPS) is 19.6. The molecule has 1 atom stereocenters. The maximum Gasteiger partial charge on any atom is 0.410 e.